The van der Waals surface area contributed by atoms with E-state index in [0.29, 0.717) is 38.4 Å². The molecule has 0 radical (unpaired) electrons. The van der Waals surface area contributed by atoms with E-state index in [0.717, 1.165) is 12.6 Å². The Morgan fingerprint density at radius 1 is 1.24 bits per heavy atom. The lowest BCUT2D eigenvalue weighted by Crippen LogP contribution is -2.52. The van der Waals surface area contributed by atoms with Gasteiger partial charge < -0.3 is 20.0 Å². The van der Waals surface area contributed by atoms with Crippen LogP contribution in [-0.2, 0) is 6.18 Å². The van der Waals surface area contributed by atoms with Gasteiger partial charge in [-0.3, -0.25) is 0 Å². The lowest BCUT2D eigenvalue weighted by atomic mass is 10.1. The molecule has 0 atom stereocenters. The lowest BCUT2D eigenvalue weighted by molar-refractivity contribution is -0.137. The summed E-state index contributed by atoms with van der Waals surface area (Å²) in [6.07, 6.45) is -4.48. The molecule has 0 saturated carbocycles. The highest BCUT2D eigenvalue weighted by atomic mass is 35.5. The highest BCUT2D eigenvalue weighted by Gasteiger charge is 2.34. The van der Waals surface area contributed by atoms with Crippen LogP contribution in [0.3, 0.4) is 0 Å². The summed E-state index contributed by atoms with van der Waals surface area (Å²) in [6, 6.07) is 3.76. The standard InChI is InChI=1S/C16H22ClF3N4O/c1-22(2)6-5-21-15(25)24-9-7-23(8-10-24)12-3-4-14(17)13(11-12)16(18,19)20/h3-4,11H,5-10H2,1-2H3,(H,21,25). The van der Waals surface area contributed by atoms with Crippen LogP contribution in [0.25, 0.3) is 0 Å². The maximum Gasteiger partial charge on any atom is 0.417 e. The maximum atomic E-state index is 13.0. The fourth-order valence-corrected chi connectivity index (χ4v) is 2.82. The van der Waals surface area contributed by atoms with Gasteiger partial charge in [0.2, 0.25) is 0 Å². The highest BCUT2D eigenvalue weighted by molar-refractivity contribution is 6.31. The minimum Gasteiger partial charge on any atom is -0.368 e. The minimum absolute atomic E-state index is 0.145. The zero-order valence-corrected chi connectivity index (χ0v) is 15.0. The van der Waals surface area contributed by atoms with Gasteiger partial charge in [-0.1, -0.05) is 11.6 Å². The molecule has 0 unspecified atom stereocenters. The predicted octanol–water partition coefficient (Wildman–Crippen LogP) is 2.75. The van der Waals surface area contributed by atoms with Crippen molar-refractivity contribution in [3.63, 3.8) is 0 Å². The van der Waals surface area contributed by atoms with Crippen molar-refractivity contribution in [3.8, 4) is 0 Å². The molecule has 0 aromatic heterocycles. The Morgan fingerprint density at radius 2 is 1.88 bits per heavy atom. The maximum absolute atomic E-state index is 13.0. The first-order valence-electron chi connectivity index (χ1n) is 7.97. The van der Waals surface area contributed by atoms with Gasteiger partial charge in [0, 0.05) is 45.0 Å². The molecule has 2 amide bonds. The average Bonchev–Trinajstić information content (AvgIpc) is 2.54. The van der Waals surface area contributed by atoms with Gasteiger partial charge in [0.05, 0.1) is 10.6 Å². The van der Waals surface area contributed by atoms with Crippen LogP contribution < -0.4 is 10.2 Å². The number of urea groups is 1. The number of benzene rings is 1. The third kappa shape index (κ3) is 5.40. The second-order valence-electron chi connectivity index (χ2n) is 6.17. The van der Waals surface area contributed by atoms with Gasteiger partial charge in [0.25, 0.3) is 0 Å². The molecule has 1 heterocycles. The van der Waals surface area contributed by atoms with E-state index in [1.807, 2.05) is 23.9 Å². The molecule has 140 valence electrons. The summed E-state index contributed by atoms with van der Waals surface area (Å²) in [5.41, 5.74) is -0.375. The highest BCUT2D eigenvalue weighted by Crippen LogP contribution is 2.37. The molecule has 25 heavy (non-hydrogen) atoms. The zero-order valence-electron chi connectivity index (χ0n) is 14.2. The monoisotopic (exact) mass is 378 g/mol. The zero-order chi connectivity index (χ0) is 18.6. The largest absolute Gasteiger partial charge is 0.417 e. The van der Waals surface area contributed by atoms with Crippen LogP contribution in [0.1, 0.15) is 5.56 Å². The summed E-state index contributed by atoms with van der Waals surface area (Å²) < 4.78 is 38.9. The number of halogens is 4. The molecule has 1 N–H and O–H groups in total. The number of anilines is 1. The van der Waals surface area contributed by atoms with Gasteiger partial charge >= 0.3 is 12.2 Å². The van der Waals surface area contributed by atoms with E-state index in [9.17, 15) is 18.0 Å². The van der Waals surface area contributed by atoms with E-state index >= 15 is 0 Å². The van der Waals surface area contributed by atoms with Crippen molar-refractivity contribution in [1.82, 2.24) is 15.1 Å². The van der Waals surface area contributed by atoms with E-state index in [-0.39, 0.29) is 11.1 Å². The SMILES string of the molecule is CN(C)CCNC(=O)N1CCN(c2ccc(Cl)c(C(F)(F)F)c2)CC1. The quantitative estimate of drug-likeness (QED) is 0.875. The van der Waals surface area contributed by atoms with E-state index in [4.69, 9.17) is 11.6 Å². The summed E-state index contributed by atoms with van der Waals surface area (Å²) >= 11 is 5.65. The molecule has 1 fully saturated rings. The summed E-state index contributed by atoms with van der Waals surface area (Å²) in [4.78, 5) is 17.5. The van der Waals surface area contributed by atoms with Crippen LogP contribution in [0.5, 0.6) is 0 Å². The van der Waals surface area contributed by atoms with Gasteiger partial charge in [0.1, 0.15) is 0 Å². The average molecular weight is 379 g/mol. The summed E-state index contributed by atoms with van der Waals surface area (Å²) in [6.45, 7) is 3.16. The Morgan fingerprint density at radius 3 is 2.44 bits per heavy atom. The summed E-state index contributed by atoms with van der Waals surface area (Å²) in [5.74, 6) is 0. The number of nitrogens with zero attached hydrogens (tertiary/aromatic N) is 3. The fraction of sp³-hybridized carbons (Fsp3) is 0.562. The van der Waals surface area contributed by atoms with Crippen LogP contribution in [0.2, 0.25) is 5.02 Å². The molecule has 1 saturated heterocycles. The van der Waals surface area contributed by atoms with Gasteiger partial charge in [-0.25, -0.2) is 4.79 Å². The molecular formula is C16H22ClF3N4O. The Labute approximate surface area is 150 Å². The predicted molar refractivity (Wildman–Crippen MR) is 92.2 cm³/mol. The van der Waals surface area contributed by atoms with Crippen molar-refractivity contribution in [2.24, 2.45) is 0 Å². The normalized spacial score (nSPS) is 15.6. The van der Waals surface area contributed by atoms with Crippen molar-refractivity contribution in [2.75, 3.05) is 58.3 Å². The van der Waals surface area contributed by atoms with Crippen LogP contribution in [-0.4, -0.2) is 69.2 Å². The third-order valence-electron chi connectivity index (χ3n) is 4.02. The number of amides is 2. The lowest BCUT2D eigenvalue weighted by Gasteiger charge is -2.36. The van der Waals surface area contributed by atoms with Gasteiger partial charge in [-0.2, -0.15) is 13.2 Å². The fourth-order valence-electron chi connectivity index (χ4n) is 2.59. The number of likely N-dealkylation sites (N-methyl/N-ethyl adjacent to an activating group) is 1. The minimum atomic E-state index is -4.48. The van der Waals surface area contributed by atoms with Crippen LogP contribution >= 0.6 is 11.6 Å². The molecule has 0 spiro atoms. The molecule has 1 aliphatic heterocycles. The Balaban J connectivity index is 1.93. The van der Waals surface area contributed by atoms with Crippen LogP contribution in [0.15, 0.2) is 18.2 Å². The van der Waals surface area contributed by atoms with Crippen molar-refractivity contribution < 1.29 is 18.0 Å². The number of piperazine rings is 1. The van der Waals surface area contributed by atoms with Gasteiger partial charge in [-0.05, 0) is 32.3 Å². The van der Waals surface area contributed by atoms with Gasteiger partial charge in [0.15, 0.2) is 0 Å². The van der Waals surface area contributed by atoms with Gasteiger partial charge in [-0.15, -0.1) is 0 Å². The molecule has 1 aromatic rings. The Hall–Kier alpha value is -1.67. The number of carbonyl (C=O) groups excluding carboxylic acids is 1. The second kappa shape index (κ2) is 8.14. The molecule has 2 rings (SSSR count). The molecule has 1 aromatic carbocycles. The number of alkyl halides is 3. The molecule has 0 bridgehead atoms. The first-order chi connectivity index (χ1) is 11.7. The van der Waals surface area contributed by atoms with E-state index in [1.165, 1.54) is 6.07 Å². The summed E-state index contributed by atoms with van der Waals surface area (Å²) in [5, 5.41) is 2.53. The number of rotatable bonds is 4. The van der Waals surface area contributed by atoms with Crippen LogP contribution in [0, 0.1) is 0 Å². The van der Waals surface area contributed by atoms with Crippen LogP contribution in [0.4, 0.5) is 23.7 Å². The van der Waals surface area contributed by atoms with Crippen molar-refractivity contribution in [2.45, 2.75) is 6.18 Å². The summed E-state index contributed by atoms with van der Waals surface area (Å²) in [7, 11) is 3.85. The topological polar surface area (TPSA) is 38.8 Å². The molecule has 9 heteroatoms. The first-order valence-corrected chi connectivity index (χ1v) is 8.35. The molecule has 5 nitrogen and oxygen atoms in total. The Bertz CT molecular complexity index is 602. The van der Waals surface area contributed by atoms with E-state index < -0.39 is 11.7 Å². The molecular weight excluding hydrogens is 357 g/mol. The Kier molecular flexibility index (Phi) is 6.40. The van der Waals surface area contributed by atoms with Crippen molar-refractivity contribution >= 4 is 23.3 Å². The number of hydrogen-bond acceptors (Lipinski definition) is 3. The molecule has 1 aliphatic rings. The second-order valence-corrected chi connectivity index (χ2v) is 6.58. The number of hydrogen-bond donors (Lipinski definition) is 1. The first kappa shape index (κ1) is 19.7. The molecule has 0 aliphatic carbocycles. The number of nitrogens with one attached hydrogen (secondary N) is 1. The third-order valence-corrected chi connectivity index (χ3v) is 4.35. The van der Waals surface area contributed by atoms with Crippen molar-refractivity contribution in [3.05, 3.63) is 28.8 Å². The number of carbonyl (C=O) groups is 1. The van der Waals surface area contributed by atoms with Crippen molar-refractivity contribution in [1.29, 1.82) is 0 Å². The smallest absolute Gasteiger partial charge is 0.368 e. The van der Waals surface area contributed by atoms with E-state index in [1.54, 1.807) is 11.0 Å². The van der Waals surface area contributed by atoms with E-state index in [2.05, 4.69) is 5.32 Å².